The molecule has 1 amide bonds. The third kappa shape index (κ3) is 5.48. The van der Waals surface area contributed by atoms with Crippen molar-refractivity contribution >= 4 is 11.9 Å². The monoisotopic (exact) mass is 519 g/mol. The zero-order chi connectivity index (χ0) is 27.6. The highest BCUT2D eigenvalue weighted by atomic mass is 16.5. The molecule has 2 aliphatic rings. The van der Waals surface area contributed by atoms with Crippen molar-refractivity contribution in [2.45, 2.75) is 84.1 Å². The topological polar surface area (TPSA) is 107 Å². The molecule has 2 aromatic rings. The van der Waals surface area contributed by atoms with Gasteiger partial charge >= 0.3 is 5.97 Å². The highest BCUT2D eigenvalue weighted by Gasteiger charge is 2.46. The van der Waals surface area contributed by atoms with E-state index >= 15 is 0 Å². The lowest BCUT2D eigenvalue weighted by Gasteiger charge is -2.41. The number of hydrogen-bond acceptors (Lipinski definition) is 5. The van der Waals surface area contributed by atoms with Crippen molar-refractivity contribution in [3.8, 4) is 11.5 Å². The summed E-state index contributed by atoms with van der Waals surface area (Å²) in [6.07, 6.45) is 6.96. The molecule has 0 fully saturated rings. The number of carbonyl (C=O) groups is 2. The van der Waals surface area contributed by atoms with Crippen molar-refractivity contribution in [2.24, 2.45) is 0 Å². The van der Waals surface area contributed by atoms with E-state index < -0.39 is 29.6 Å². The van der Waals surface area contributed by atoms with Crippen molar-refractivity contribution in [1.82, 2.24) is 4.90 Å². The molecule has 202 valence electrons. The number of phenols is 1. The van der Waals surface area contributed by atoms with E-state index in [0.717, 1.165) is 12.8 Å². The van der Waals surface area contributed by atoms with Gasteiger partial charge in [-0.2, -0.15) is 0 Å². The Kier molecular flexibility index (Phi) is 7.97. The predicted octanol–water partition coefficient (Wildman–Crippen LogP) is 5.70. The average molecular weight is 520 g/mol. The summed E-state index contributed by atoms with van der Waals surface area (Å²) in [7, 11) is 0. The van der Waals surface area contributed by atoms with Crippen LogP contribution in [0.4, 0.5) is 0 Å². The quantitative estimate of drug-likeness (QED) is 0.367. The summed E-state index contributed by atoms with van der Waals surface area (Å²) in [6.45, 7) is 8.17. The molecule has 0 saturated heterocycles. The molecule has 4 rings (SSSR count). The number of aliphatic hydroxyl groups excluding tert-OH is 1. The normalized spacial score (nSPS) is 21.4. The first-order valence-corrected chi connectivity index (χ1v) is 13.1. The lowest BCUT2D eigenvalue weighted by molar-refractivity contribution is -0.142. The number of aliphatic carboxylic acids is 1. The van der Waals surface area contributed by atoms with E-state index in [1.54, 1.807) is 30.3 Å². The number of fused-ring (bicyclic) bond motifs is 3. The minimum atomic E-state index is -1.17. The zero-order valence-electron chi connectivity index (χ0n) is 22.5. The third-order valence-electron chi connectivity index (χ3n) is 7.61. The van der Waals surface area contributed by atoms with Crippen LogP contribution in [-0.4, -0.2) is 43.8 Å². The highest BCUT2D eigenvalue weighted by Crippen LogP contribution is 2.47. The Balaban J connectivity index is 1.59. The molecule has 3 atom stereocenters. The number of rotatable bonds is 9. The molecular formula is C31H37NO6. The number of carboxylic acid groups (broad SMARTS) is 1. The standard InChI is InChI=1S/C31H37NO6/c1-19(2)10-8-11-20(3)12-9-15-31(4)26(34)17-23-25(33)16-22-24(28(23)38-31)18-32(29(22)35)27(30(36)37)21-13-6-5-7-14-21/h5-7,10,12-14,16,26-27,33-34H,8-9,11,15,17-18H2,1-4H3,(H,36,37)/t26?,27-,31?/m0/s1. The second-order valence-electron chi connectivity index (χ2n) is 10.9. The Labute approximate surface area is 224 Å². The van der Waals surface area contributed by atoms with E-state index in [1.807, 2.05) is 6.92 Å². The molecule has 0 radical (unpaired) electrons. The summed E-state index contributed by atoms with van der Waals surface area (Å²) in [6, 6.07) is 8.83. The summed E-state index contributed by atoms with van der Waals surface area (Å²) >= 11 is 0. The molecule has 2 unspecified atom stereocenters. The maximum atomic E-state index is 13.4. The lowest BCUT2D eigenvalue weighted by atomic mass is 9.84. The Hall–Kier alpha value is -3.58. The maximum absolute atomic E-state index is 13.4. The number of phenolic OH excluding ortho intramolecular Hbond substituents is 1. The van der Waals surface area contributed by atoms with Crippen molar-refractivity contribution in [2.75, 3.05) is 0 Å². The van der Waals surface area contributed by atoms with E-state index in [-0.39, 0.29) is 24.3 Å². The van der Waals surface area contributed by atoms with Crippen LogP contribution in [0.25, 0.3) is 0 Å². The smallest absolute Gasteiger partial charge is 0.331 e. The largest absolute Gasteiger partial charge is 0.508 e. The first-order chi connectivity index (χ1) is 18.0. The van der Waals surface area contributed by atoms with Gasteiger partial charge in [-0.15, -0.1) is 0 Å². The summed E-state index contributed by atoms with van der Waals surface area (Å²) < 4.78 is 6.42. The van der Waals surface area contributed by atoms with E-state index in [4.69, 9.17) is 4.74 Å². The van der Waals surface area contributed by atoms with Gasteiger partial charge in [-0.25, -0.2) is 4.79 Å². The van der Waals surface area contributed by atoms with Gasteiger partial charge in [0.05, 0.1) is 18.2 Å². The van der Waals surface area contributed by atoms with Gasteiger partial charge in [0.15, 0.2) is 6.04 Å². The molecule has 7 nitrogen and oxygen atoms in total. The minimum Gasteiger partial charge on any atom is -0.508 e. The van der Waals surface area contributed by atoms with Crippen molar-refractivity contribution in [1.29, 1.82) is 0 Å². The van der Waals surface area contributed by atoms with Gasteiger partial charge in [-0.1, -0.05) is 53.6 Å². The lowest BCUT2D eigenvalue weighted by Crippen LogP contribution is -2.49. The molecule has 38 heavy (non-hydrogen) atoms. The molecule has 0 aromatic heterocycles. The van der Waals surface area contributed by atoms with Crippen molar-refractivity contribution in [3.05, 3.63) is 82.0 Å². The van der Waals surface area contributed by atoms with Crippen LogP contribution in [-0.2, 0) is 17.8 Å². The van der Waals surface area contributed by atoms with Crippen LogP contribution in [0.1, 0.15) is 86.5 Å². The SMILES string of the molecule is CC(C)=CCCC(C)=CCCC1(C)Oc2c(c(O)cc3c2CN([C@H](C(=O)O)c2ccccc2)C3=O)CC1O. The average Bonchev–Trinajstić information content (AvgIpc) is 3.16. The van der Waals surface area contributed by atoms with Crippen molar-refractivity contribution in [3.63, 3.8) is 0 Å². The fourth-order valence-corrected chi connectivity index (χ4v) is 5.32. The minimum absolute atomic E-state index is 0.0399. The van der Waals surface area contributed by atoms with Crippen LogP contribution in [0.3, 0.4) is 0 Å². The number of carbonyl (C=O) groups excluding carboxylic acids is 1. The molecule has 0 bridgehead atoms. The van der Waals surface area contributed by atoms with Crippen LogP contribution >= 0.6 is 0 Å². The first-order valence-electron chi connectivity index (χ1n) is 13.1. The van der Waals surface area contributed by atoms with Gasteiger partial charge in [-0.3, -0.25) is 4.79 Å². The van der Waals surface area contributed by atoms with E-state index in [0.29, 0.717) is 35.3 Å². The number of hydrogen-bond donors (Lipinski definition) is 3. The molecule has 7 heteroatoms. The number of nitrogens with zero attached hydrogens (tertiary/aromatic N) is 1. The number of aromatic hydroxyl groups is 1. The van der Waals surface area contributed by atoms with E-state index in [9.17, 15) is 24.9 Å². The zero-order valence-corrected chi connectivity index (χ0v) is 22.5. The summed E-state index contributed by atoms with van der Waals surface area (Å²) in [5, 5.41) is 31.8. The molecule has 0 aliphatic carbocycles. The fourth-order valence-electron chi connectivity index (χ4n) is 5.32. The summed E-state index contributed by atoms with van der Waals surface area (Å²) in [5.41, 5.74) is 3.38. The van der Waals surface area contributed by atoms with Gasteiger partial charge < -0.3 is 25.0 Å². The highest BCUT2D eigenvalue weighted by molar-refractivity contribution is 6.02. The van der Waals surface area contributed by atoms with Gasteiger partial charge in [0, 0.05) is 17.5 Å². The first kappa shape index (κ1) is 27.5. The Morgan fingerprint density at radius 2 is 1.87 bits per heavy atom. The molecule has 3 N–H and O–H groups in total. The van der Waals surface area contributed by atoms with Crippen LogP contribution < -0.4 is 4.74 Å². The van der Waals surface area contributed by atoms with Gasteiger partial charge in [0.2, 0.25) is 0 Å². The van der Waals surface area contributed by atoms with E-state index in [1.165, 1.54) is 22.1 Å². The molecule has 2 heterocycles. The van der Waals surface area contributed by atoms with Gasteiger partial charge in [-0.05, 0) is 65.0 Å². The number of ether oxygens (including phenoxy) is 1. The summed E-state index contributed by atoms with van der Waals surface area (Å²) in [5.74, 6) is -1.36. The predicted molar refractivity (Wildman–Crippen MR) is 145 cm³/mol. The molecule has 2 aromatic carbocycles. The van der Waals surface area contributed by atoms with E-state index in [2.05, 4.69) is 32.9 Å². The number of carboxylic acids is 1. The second kappa shape index (κ2) is 11.0. The van der Waals surface area contributed by atoms with Crippen LogP contribution in [0.5, 0.6) is 11.5 Å². The van der Waals surface area contributed by atoms with Crippen LogP contribution in [0.2, 0.25) is 0 Å². The molecule has 0 saturated carbocycles. The fraction of sp³-hybridized carbons (Fsp3) is 0.419. The van der Waals surface area contributed by atoms with Gasteiger partial charge in [0.1, 0.15) is 17.1 Å². The Bertz CT molecular complexity index is 1280. The summed E-state index contributed by atoms with van der Waals surface area (Å²) in [4.78, 5) is 26.9. The van der Waals surface area contributed by atoms with Crippen molar-refractivity contribution < 1.29 is 29.6 Å². The number of amides is 1. The maximum Gasteiger partial charge on any atom is 0.331 e. The number of allylic oxidation sites excluding steroid dienone is 4. The molecular weight excluding hydrogens is 482 g/mol. The Morgan fingerprint density at radius 1 is 1.16 bits per heavy atom. The molecule has 2 aliphatic heterocycles. The Morgan fingerprint density at radius 3 is 2.53 bits per heavy atom. The molecule has 0 spiro atoms. The number of aliphatic hydroxyl groups is 1. The number of benzene rings is 2. The van der Waals surface area contributed by atoms with Gasteiger partial charge in [0.25, 0.3) is 5.91 Å². The second-order valence-corrected chi connectivity index (χ2v) is 10.9. The van der Waals surface area contributed by atoms with Crippen LogP contribution in [0, 0.1) is 0 Å². The van der Waals surface area contributed by atoms with Crippen LogP contribution in [0.15, 0.2) is 59.7 Å². The third-order valence-corrected chi connectivity index (χ3v) is 7.61.